The van der Waals surface area contributed by atoms with Crippen LogP contribution in [0.5, 0.6) is 0 Å². The van der Waals surface area contributed by atoms with Gasteiger partial charge >= 0.3 is 0 Å². The zero-order chi connectivity index (χ0) is 26.0. The van der Waals surface area contributed by atoms with Crippen molar-refractivity contribution in [1.82, 2.24) is 9.80 Å². The van der Waals surface area contributed by atoms with Gasteiger partial charge in [-0.05, 0) is 66.6 Å². The molecule has 3 aromatic rings. The second-order valence-electron chi connectivity index (χ2n) is 8.70. The van der Waals surface area contributed by atoms with Crippen molar-refractivity contribution in [1.29, 1.82) is 0 Å². The van der Waals surface area contributed by atoms with Gasteiger partial charge in [-0.3, -0.25) is 19.7 Å². The molecule has 2 aromatic carbocycles. The van der Waals surface area contributed by atoms with Crippen LogP contribution in [0.25, 0.3) is 0 Å². The number of nitro groups is 1. The molecular weight excluding hydrogens is 505 g/mol. The summed E-state index contributed by atoms with van der Waals surface area (Å²) in [5.41, 5.74) is 1.52. The van der Waals surface area contributed by atoms with Gasteiger partial charge in [0.2, 0.25) is 5.91 Å². The maximum Gasteiger partial charge on any atom is 0.288 e. The molecule has 0 aliphatic carbocycles. The summed E-state index contributed by atoms with van der Waals surface area (Å²) in [7, 11) is 0. The van der Waals surface area contributed by atoms with Gasteiger partial charge in [-0.1, -0.05) is 30.7 Å². The maximum absolute atomic E-state index is 13.7. The van der Waals surface area contributed by atoms with E-state index in [0.29, 0.717) is 19.4 Å². The SMILES string of the molecule is CCC(C)N(CC(=O)N1CCc2sccc2C1c1ccc(F)cc1)C(=O)c1ccc(Cl)c([N+](=O)[O-])c1. The minimum Gasteiger partial charge on any atom is -0.330 e. The summed E-state index contributed by atoms with van der Waals surface area (Å²) < 4.78 is 13.6. The van der Waals surface area contributed by atoms with Gasteiger partial charge in [0.15, 0.2) is 0 Å². The van der Waals surface area contributed by atoms with Crippen LogP contribution in [0.15, 0.2) is 53.9 Å². The summed E-state index contributed by atoms with van der Waals surface area (Å²) in [5.74, 6) is -1.09. The number of amides is 2. The van der Waals surface area contributed by atoms with E-state index in [-0.39, 0.29) is 40.6 Å². The van der Waals surface area contributed by atoms with Gasteiger partial charge in [0.25, 0.3) is 11.6 Å². The van der Waals surface area contributed by atoms with Gasteiger partial charge in [0, 0.05) is 29.1 Å². The van der Waals surface area contributed by atoms with Crippen LogP contribution in [0.2, 0.25) is 5.02 Å². The molecule has 0 fully saturated rings. The molecule has 4 rings (SSSR count). The van der Waals surface area contributed by atoms with Crippen molar-refractivity contribution in [2.24, 2.45) is 0 Å². The Morgan fingerprint density at radius 3 is 2.64 bits per heavy atom. The van der Waals surface area contributed by atoms with E-state index in [2.05, 4.69) is 0 Å². The highest BCUT2D eigenvalue weighted by Gasteiger charge is 2.35. The molecule has 1 aromatic heterocycles. The van der Waals surface area contributed by atoms with Gasteiger partial charge in [-0.2, -0.15) is 0 Å². The predicted octanol–water partition coefficient (Wildman–Crippen LogP) is 5.86. The monoisotopic (exact) mass is 529 g/mol. The van der Waals surface area contributed by atoms with Crippen LogP contribution in [0, 0.1) is 15.9 Å². The number of nitrogens with zero attached hydrogens (tertiary/aromatic N) is 3. The largest absolute Gasteiger partial charge is 0.330 e. The standard InChI is InChI=1S/C26H25ClFN3O4S/c1-3-16(2)30(26(33)18-6-9-21(27)22(14-18)31(34)35)15-24(32)29-12-10-23-20(11-13-36-23)25(29)17-4-7-19(28)8-5-17/h4-9,11,13-14,16,25H,3,10,12,15H2,1-2H3. The van der Waals surface area contributed by atoms with E-state index >= 15 is 0 Å². The number of rotatable bonds is 7. The molecule has 0 spiro atoms. The number of fused-ring (bicyclic) bond motifs is 1. The first-order valence-corrected chi connectivity index (χ1v) is 12.8. The van der Waals surface area contributed by atoms with E-state index in [1.54, 1.807) is 28.4 Å². The summed E-state index contributed by atoms with van der Waals surface area (Å²) in [4.78, 5) is 42.2. The fourth-order valence-corrected chi connectivity index (χ4v) is 5.52. The van der Waals surface area contributed by atoms with Crippen LogP contribution in [0.1, 0.15) is 52.7 Å². The molecule has 2 atom stereocenters. The predicted molar refractivity (Wildman–Crippen MR) is 137 cm³/mol. The van der Waals surface area contributed by atoms with E-state index in [4.69, 9.17) is 11.6 Å². The highest BCUT2D eigenvalue weighted by Crippen LogP contribution is 2.38. The van der Waals surface area contributed by atoms with Crippen LogP contribution in [0.4, 0.5) is 10.1 Å². The number of nitro benzene ring substituents is 1. The number of thiophene rings is 1. The maximum atomic E-state index is 13.7. The zero-order valence-corrected chi connectivity index (χ0v) is 21.4. The molecule has 1 aliphatic rings. The first-order valence-electron chi connectivity index (χ1n) is 11.6. The van der Waals surface area contributed by atoms with Crippen molar-refractivity contribution < 1.29 is 18.9 Å². The van der Waals surface area contributed by atoms with Crippen molar-refractivity contribution in [2.75, 3.05) is 13.1 Å². The minimum absolute atomic E-state index is 0.0651. The highest BCUT2D eigenvalue weighted by molar-refractivity contribution is 7.10. The highest BCUT2D eigenvalue weighted by atomic mass is 35.5. The fraction of sp³-hybridized carbons (Fsp3) is 0.308. The number of carbonyl (C=O) groups is 2. The average Bonchev–Trinajstić information content (AvgIpc) is 3.35. The lowest BCUT2D eigenvalue weighted by atomic mass is 9.93. The number of hydrogen-bond acceptors (Lipinski definition) is 5. The van der Waals surface area contributed by atoms with Crippen molar-refractivity contribution in [3.8, 4) is 0 Å². The normalized spacial score (nSPS) is 15.8. The number of benzene rings is 2. The van der Waals surface area contributed by atoms with E-state index in [1.807, 2.05) is 25.3 Å². The van der Waals surface area contributed by atoms with E-state index in [0.717, 1.165) is 17.2 Å². The van der Waals surface area contributed by atoms with Gasteiger partial charge in [-0.15, -0.1) is 11.3 Å². The Hall–Kier alpha value is -3.30. The molecule has 188 valence electrons. The van der Waals surface area contributed by atoms with Gasteiger partial charge in [0.05, 0.1) is 11.0 Å². The fourth-order valence-electron chi connectivity index (χ4n) is 4.43. The molecule has 36 heavy (non-hydrogen) atoms. The van der Waals surface area contributed by atoms with Crippen LogP contribution >= 0.6 is 22.9 Å². The van der Waals surface area contributed by atoms with Crippen molar-refractivity contribution in [3.05, 3.63) is 96.4 Å². The summed E-state index contributed by atoms with van der Waals surface area (Å²) in [5, 5.41) is 13.2. The third kappa shape index (κ3) is 5.12. The molecular formula is C26H25ClFN3O4S. The smallest absolute Gasteiger partial charge is 0.288 e. The summed E-state index contributed by atoms with van der Waals surface area (Å²) >= 11 is 7.54. The second kappa shape index (κ2) is 10.8. The first-order chi connectivity index (χ1) is 17.2. The quantitative estimate of drug-likeness (QED) is 0.283. The van der Waals surface area contributed by atoms with Crippen molar-refractivity contribution in [2.45, 2.75) is 38.8 Å². The number of carbonyl (C=O) groups excluding carboxylic acids is 2. The molecule has 0 radical (unpaired) electrons. The van der Waals surface area contributed by atoms with Crippen LogP contribution < -0.4 is 0 Å². The summed E-state index contributed by atoms with van der Waals surface area (Å²) in [6.45, 7) is 4.00. The Balaban J connectivity index is 1.65. The molecule has 1 aliphatic heterocycles. The number of hydrogen-bond donors (Lipinski definition) is 0. The Labute approximate surface area is 217 Å². The molecule has 0 bridgehead atoms. The van der Waals surface area contributed by atoms with E-state index in [1.165, 1.54) is 34.0 Å². The van der Waals surface area contributed by atoms with E-state index < -0.39 is 16.9 Å². The molecule has 2 amide bonds. The average molecular weight is 530 g/mol. The molecule has 2 unspecified atom stereocenters. The van der Waals surface area contributed by atoms with Crippen molar-refractivity contribution >= 4 is 40.4 Å². The summed E-state index contributed by atoms with van der Waals surface area (Å²) in [6.07, 6.45) is 1.28. The molecule has 0 saturated heterocycles. The van der Waals surface area contributed by atoms with E-state index in [9.17, 15) is 24.1 Å². The van der Waals surface area contributed by atoms with Gasteiger partial charge in [0.1, 0.15) is 17.4 Å². The lowest BCUT2D eigenvalue weighted by Gasteiger charge is -2.38. The molecule has 0 N–H and O–H groups in total. The Bertz CT molecular complexity index is 1300. The lowest BCUT2D eigenvalue weighted by Crippen LogP contribution is -2.49. The number of halogens is 2. The molecule has 2 heterocycles. The third-order valence-electron chi connectivity index (χ3n) is 6.55. The topological polar surface area (TPSA) is 83.8 Å². The Morgan fingerprint density at radius 1 is 1.25 bits per heavy atom. The molecule has 0 saturated carbocycles. The Kier molecular flexibility index (Phi) is 7.70. The van der Waals surface area contributed by atoms with Crippen LogP contribution in [-0.4, -0.2) is 45.7 Å². The van der Waals surface area contributed by atoms with Crippen LogP contribution in [-0.2, 0) is 11.2 Å². The first kappa shape index (κ1) is 25.8. The summed E-state index contributed by atoms with van der Waals surface area (Å²) in [6, 6.07) is 11.3. The second-order valence-corrected chi connectivity index (χ2v) is 10.1. The Morgan fingerprint density at radius 2 is 1.97 bits per heavy atom. The minimum atomic E-state index is -0.642. The third-order valence-corrected chi connectivity index (χ3v) is 7.87. The van der Waals surface area contributed by atoms with Gasteiger partial charge in [-0.25, -0.2) is 4.39 Å². The lowest BCUT2D eigenvalue weighted by molar-refractivity contribution is -0.384. The van der Waals surface area contributed by atoms with Gasteiger partial charge < -0.3 is 9.80 Å². The van der Waals surface area contributed by atoms with Crippen LogP contribution in [0.3, 0.4) is 0 Å². The molecule has 7 nitrogen and oxygen atoms in total. The zero-order valence-electron chi connectivity index (χ0n) is 19.8. The van der Waals surface area contributed by atoms with Crippen molar-refractivity contribution in [3.63, 3.8) is 0 Å². The molecule has 10 heteroatoms.